The van der Waals surface area contributed by atoms with Crippen molar-refractivity contribution in [3.8, 4) is 22.3 Å². The molecule has 0 aromatic heterocycles. The average molecular weight is 401 g/mol. The molecule has 0 nitrogen and oxygen atoms in total. The highest BCUT2D eigenvalue weighted by Crippen LogP contribution is 2.31. The number of rotatable bonds is 7. The van der Waals surface area contributed by atoms with Crippen molar-refractivity contribution in [2.24, 2.45) is 0 Å². The van der Waals surface area contributed by atoms with Crippen molar-refractivity contribution in [2.75, 3.05) is 0 Å². The molecule has 0 spiro atoms. The Hall–Kier alpha value is -3.00. The Kier molecular flexibility index (Phi) is 6.23. The van der Waals surface area contributed by atoms with Gasteiger partial charge in [0.05, 0.1) is 0 Å². The summed E-state index contributed by atoms with van der Waals surface area (Å²) in [7, 11) is 0. The Morgan fingerprint density at radius 3 is 2.23 bits per heavy atom. The van der Waals surface area contributed by atoms with Crippen molar-refractivity contribution in [1.82, 2.24) is 0 Å². The van der Waals surface area contributed by atoms with E-state index in [1.165, 1.54) is 43.4 Å². The van der Waals surface area contributed by atoms with Crippen LogP contribution in [-0.4, -0.2) is 0 Å². The highest BCUT2D eigenvalue weighted by molar-refractivity contribution is 5.89. The van der Waals surface area contributed by atoms with Gasteiger partial charge in [0, 0.05) is 10.9 Å². The zero-order chi connectivity index (χ0) is 20.9. The van der Waals surface area contributed by atoms with E-state index in [1.54, 1.807) is 6.07 Å². The molecule has 0 N–H and O–H groups in total. The molecule has 0 aliphatic rings. The Bertz CT molecular complexity index is 1140. The minimum atomic E-state index is -0.262. The zero-order valence-corrected chi connectivity index (χ0v) is 17.3. The van der Waals surface area contributed by atoms with Gasteiger partial charge in [-0.1, -0.05) is 92.9 Å². The van der Waals surface area contributed by atoms with E-state index in [1.807, 2.05) is 54.6 Å². The van der Waals surface area contributed by atoms with E-state index < -0.39 is 0 Å². The normalized spacial score (nSPS) is 11.2. The van der Waals surface area contributed by atoms with Crippen molar-refractivity contribution in [3.63, 3.8) is 0 Å². The molecule has 0 bridgehead atoms. The number of hydrogen-bond acceptors (Lipinski definition) is 0. The smallest absolute Gasteiger partial charge is 0.138 e. The van der Waals surface area contributed by atoms with Crippen LogP contribution in [0.4, 0.5) is 8.78 Å². The van der Waals surface area contributed by atoms with Crippen molar-refractivity contribution in [2.45, 2.75) is 39.0 Å². The van der Waals surface area contributed by atoms with Gasteiger partial charge in [0.2, 0.25) is 0 Å². The monoisotopic (exact) mass is 400 g/mol. The van der Waals surface area contributed by atoms with Crippen LogP contribution >= 0.6 is 0 Å². The highest BCUT2D eigenvalue weighted by Gasteiger charge is 2.10. The summed E-state index contributed by atoms with van der Waals surface area (Å²) < 4.78 is 28.7. The van der Waals surface area contributed by atoms with E-state index in [-0.39, 0.29) is 11.6 Å². The molecular weight excluding hydrogens is 374 g/mol. The predicted octanol–water partition coefficient (Wildman–Crippen LogP) is 8.57. The summed E-state index contributed by atoms with van der Waals surface area (Å²) in [6.07, 6.45) is 5.96. The van der Waals surface area contributed by atoms with E-state index in [9.17, 15) is 4.39 Å². The molecule has 0 saturated heterocycles. The van der Waals surface area contributed by atoms with Crippen LogP contribution in [-0.2, 0) is 6.42 Å². The molecule has 0 aliphatic heterocycles. The Labute approximate surface area is 177 Å². The number of halogens is 2. The molecule has 4 rings (SSSR count). The minimum absolute atomic E-state index is 0.191. The number of unbranched alkanes of at least 4 members (excludes halogenated alkanes) is 3. The molecule has 2 heteroatoms. The Morgan fingerprint density at radius 1 is 0.667 bits per heavy atom. The van der Waals surface area contributed by atoms with Crippen molar-refractivity contribution in [3.05, 3.63) is 96.1 Å². The third kappa shape index (κ3) is 4.43. The number of fused-ring (bicyclic) bond motifs is 1. The first-order valence-electron chi connectivity index (χ1n) is 10.7. The second kappa shape index (κ2) is 9.21. The largest absolute Gasteiger partial charge is 0.207 e. The molecule has 152 valence electrons. The van der Waals surface area contributed by atoms with Gasteiger partial charge in [-0.2, -0.15) is 0 Å². The second-order valence-corrected chi connectivity index (χ2v) is 7.88. The van der Waals surface area contributed by atoms with Crippen LogP contribution in [0.1, 0.15) is 38.2 Å². The summed E-state index contributed by atoms with van der Waals surface area (Å²) >= 11 is 0. The van der Waals surface area contributed by atoms with Crippen molar-refractivity contribution < 1.29 is 8.78 Å². The number of aryl methyl sites for hydroxylation is 1. The molecular formula is C28H26F2. The summed E-state index contributed by atoms with van der Waals surface area (Å²) in [5.41, 5.74) is 4.39. The van der Waals surface area contributed by atoms with Gasteiger partial charge >= 0.3 is 0 Å². The Balaban J connectivity index is 1.59. The Morgan fingerprint density at radius 2 is 1.47 bits per heavy atom. The van der Waals surface area contributed by atoms with Gasteiger partial charge in [-0.15, -0.1) is 0 Å². The van der Waals surface area contributed by atoms with Crippen LogP contribution in [0.2, 0.25) is 0 Å². The highest BCUT2D eigenvalue weighted by atomic mass is 19.1. The van der Waals surface area contributed by atoms with Gasteiger partial charge in [-0.3, -0.25) is 0 Å². The lowest BCUT2D eigenvalue weighted by molar-refractivity contribution is 0.628. The van der Waals surface area contributed by atoms with E-state index in [4.69, 9.17) is 0 Å². The molecule has 0 radical (unpaired) electrons. The SMILES string of the molecule is CCCCCCc1ccc2c(F)c(-c3ccc(-c4cccc(F)c4)cc3)ccc2c1. The first-order chi connectivity index (χ1) is 14.7. The van der Waals surface area contributed by atoms with E-state index in [2.05, 4.69) is 13.0 Å². The second-order valence-electron chi connectivity index (χ2n) is 7.88. The average Bonchev–Trinajstić information content (AvgIpc) is 2.77. The zero-order valence-electron chi connectivity index (χ0n) is 17.3. The summed E-state index contributed by atoms with van der Waals surface area (Å²) in [6, 6.07) is 24.0. The number of hydrogen-bond donors (Lipinski definition) is 0. The molecule has 0 atom stereocenters. The lowest BCUT2D eigenvalue weighted by Crippen LogP contribution is -1.90. The van der Waals surface area contributed by atoms with Gasteiger partial charge in [0.25, 0.3) is 0 Å². The fourth-order valence-electron chi connectivity index (χ4n) is 3.99. The molecule has 4 aromatic carbocycles. The summed E-state index contributed by atoms with van der Waals surface area (Å²) in [5, 5.41) is 1.60. The van der Waals surface area contributed by atoms with Gasteiger partial charge in [0.1, 0.15) is 11.6 Å². The first kappa shape index (κ1) is 20.3. The standard InChI is InChI=1S/C28H26F2/c1-2-3-4-5-7-20-10-16-27-24(18-20)15-17-26(28(27)30)22-13-11-21(12-14-22)23-8-6-9-25(29)19-23/h6,8-19H,2-5,7H2,1H3. The van der Waals surface area contributed by atoms with Crippen molar-refractivity contribution in [1.29, 1.82) is 0 Å². The van der Waals surface area contributed by atoms with E-state index in [0.717, 1.165) is 28.5 Å². The molecule has 0 heterocycles. The summed E-state index contributed by atoms with van der Waals surface area (Å²) in [4.78, 5) is 0. The third-order valence-corrected chi connectivity index (χ3v) is 5.69. The van der Waals surface area contributed by atoms with Crippen molar-refractivity contribution >= 4 is 10.8 Å². The third-order valence-electron chi connectivity index (χ3n) is 5.69. The number of benzene rings is 4. The minimum Gasteiger partial charge on any atom is -0.207 e. The molecule has 0 saturated carbocycles. The van der Waals surface area contributed by atoms with Gasteiger partial charge in [0.15, 0.2) is 0 Å². The molecule has 0 amide bonds. The predicted molar refractivity (Wildman–Crippen MR) is 123 cm³/mol. The van der Waals surface area contributed by atoms with Crippen LogP contribution < -0.4 is 0 Å². The summed E-state index contributed by atoms with van der Waals surface area (Å²) in [5.74, 6) is -0.453. The maximum Gasteiger partial charge on any atom is 0.138 e. The fraction of sp³-hybridized carbons (Fsp3) is 0.214. The topological polar surface area (TPSA) is 0 Å². The fourth-order valence-corrected chi connectivity index (χ4v) is 3.99. The van der Waals surface area contributed by atoms with Crippen LogP contribution in [0.3, 0.4) is 0 Å². The van der Waals surface area contributed by atoms with E-state index in [0.29, 0.717) is 10.9 Å². The van der Waals surface area contributed by atoms with Crippen LogP contribution in [0.5, 0.6) is 0 Å². The quantitative estimate of drug-likeness (QED) is 0.273. The van der Waals surface area contributed by atoms with Gasteiger partial charge in [-0.05, 0) is 52.6 Å². The molecule has 0 fully saturated rings. The lowest BCUT2D eigenvalue weighted by Gasteiger charge is -2.10. The summed E-state index contributed by atoms with van der Waals surface area (Å²) in [6.45, 7) is 2.21. The molecule has 30 heavy (non-hydrogen) atoms. The van der Waals surface area contributed by atoms with Gasteiger partial charge in [-0.25, -0.2) is 8.78 Å². The molecule has 0 aliphatic carbocycles. The van der Waals surface area contributed by atoms with Crippen LogP contribution in [0.15, 0.2) is 78.9 Å². The maximum atomic E-state index is 15.3. The van der Waals surface area contributed by atoms with Gasteiger partial charge < -0.3 is 0 Å². The van der Waals surface area contributed by atoms with Crippen LogP contribution in [0, 0.1) is 11.6 Å². The first-order valence-corrected chi connectivity index (χ1v) is 10.7. The van der Waals surface area contributed by atoms with Crippen LogP contribution in [0.25, 0.3) is 33.0 Å². The molecule has 0 unspecified atom stereocenters. The maximum absolute atomic E-state index is 15.3. The van der Waals surface area contributed by atoms with E-state index >= 15 is 4.39 Å². The lowest BCUT2D eigenvalue weighted by atomic mass is 9.96. The molecule has 4 aromatic rings.